The lowest BCUT2D eigenvalue weighted by atomic mass is 10.3. The molecule has 11 heteroatoms. The number of hydrogen-bond acceptors (Lipinski definition) is 6. The van der Waals surface area contributed by atoms with E-state index in [9.17, 15) is 18.0 Å². The van der Waals surface area contributed by atoms with Crippen molar-refractivity contribution in [2.24, 2.45) is 0 Å². The summed E-state index contributed by atoms with van der Waals surface area (Å²) in [6.45, 7) is 3.29. The number of carbonyl (C=O) groups is 1. The minimum atomic E-state index is -0.777. The Labute approximate surface area is 193 Å². The Kier molecular flexibility index (Phi) is 8.30. The smallest absolute Gasteiger partial charge is 0.266 e. The van der Waals surface area contributed by atoms with Crippen LogP contribution in [-0.4, -0.2) is 61.8 Å². The highest BCUT2D eigenvalue weighted by Crippen LogP contribution is 2.31. The Morgan fingerprint density at radius 3 is 2.56 bits per heavy atom. The van der Waals surface area contributed by atoms with Crippen LogP contribution in [0.25, 0.3) is 10.2 Å². The molecule has 172 valence electrons. The quantitative estimate of drug-likeness (QED) is 0.506. The summed E-state index contributed by atoms with van der Waals surface area (Å²) in [6, 6.07) is 7.29. The lowest BCUT2D eigenvalue weighted by Gasteiger charge is -2.29. The van der Waals surface area contributed by atoms with Gasteiger partial charge in [-0.2, -0.15) is 0 Å². The maximum atomic E-state index is 14.1. The number of nitrogens with zero attached hydrogens (tertiary/aromatic N) is 3. The highest BCUT2D eigenvalue weighted by molar-refractivity contribution is 7.22. The van der Waals surface area contributed by atoms with Gasteiger partial charge in [0, 0.05) is 32.2 Å². The lowest BCUT2D eigenvalue weighted by Crippen LogP contribution is -2.44. The molecule has 0 bridgehead atoms. The van der Waals surface area contributed by atoms with E-state index in [2.05, 4.69) is 9.88 Å². The molecule has 0 saturated carbocycles. The zero-order chi connectivity index (χ0) is 21.8. The molecule has 1 aliphatic rings. The number of ether oxygens (including phenoxy) is 2. The molecule has 2 aromatic carbocycles. The van der Waals surface area contributed by atoms with Crippen molar-refractivity contribution < 1.29 is 27.4 Å². The van der Waals surface area contributed by atoms with Crippen molar-refractivity contribution in [3.8, 4) is 5.75 Å². The molecule has 0 aliphatic carbocycles. The summed E-state index contributed by atoms with van der Waals surface area (Å²) in [7, 11) is 0. The van der Waals surface area contributed by atoms with Gasteiger partial charge in [0.1, 0.15) is 22.9 Å². The van der Waals surface area contributed by atoms with Crippen molar-refractivity contribution in [2.45, 2.75) is 0 Å². The number of benzene rings is 2. The number of rotatable bonds is 7. The van der Waals surface area contributed by atoms with Gasteiger partial charge < -0.3 is 9.47 Å². The molecule has 1 amide bonds. The summed E-state index contributed by atoms with van der Waals surface area (Å²) >= 11 is 1.04. The van der Waals surface area contributed by atoms with Crippen LogP contribution in [0.4, 0.5) is 18.3 Å². The number of morpholine rings is 1. The number of thiazole rings is 1. The van der Waals surface area contributed by atoms with E-state index in [-0.39, 0.29) is 29.7 Å². The van der Waals surface area contributed by atoms with Crippen molar-refractivity contribution in [3.63, 3.8) is 0 Å². The summed E-state index contributed by atoms with van der Waals surface area (Å²) < 4.78 is 51.9. The molecule has 0 unspecified atom stereocenters. The van der Waals surface area contributed by atoms with Gasteiger partial charge in [-0.25, -0.2) is 18.2 Å². The van der Waals surface area contributed by atoms with Crippen LogP contribution in [0.1, 0.15) is 0 Å². The van der Waals surface area contributed by atoms with Crippen LogP contribution < -0.4 is 9.64 Å². The van der Waals surface area contributed by atoms with E-state index in [0.717, 1.165) is 30.5 Å². The van der Waals surface area contributed by atoms with Gasteiger partial charge in [-0.05, 0) is 30.3 Å². The minimum absolute atomic E-state index is 0. The van der Waals surface area contributed by atoms with Crippen molar-refractivity contribution in [1.29, 1.82) is 0 Å². The molecule has 32 heavy (non-hydrogen) atoms. The normalized spacial score (nSPS) is 14.2. The van der Waals surface area contributed by atoms with Crippen LogP contribution >= 0.6 is 23.7 Å². The second-order valence-corrected chi connectivity index (χ2v) is 7.98. The lowest BCUT2D eigenvalue weighted by molar-refractivity contribution is -0.120. The van der Waals surface area contributed by atoms with Crippen LogP contribution in [0.3, 0.4) is 0 Å². The first-order chi connectivity index (χ1) is 15.0. The van der Waals surface area contributed by atoms with E-state index >= 15 is 0 Å². The van der Waals surface area contributed by atoms with Gasteiger partial charge in [0.25, 0.3) is 5.91 Å². The van der Waals surface area contributed by atoms with E-state index in [0.29, 0.717) is 36.8 Å². The maximum Gasteiger partial charge on any atom is 0.266 e. The Balaban J connectivity index is 0.00000289. The van der Waals surface area contributed by atoms with E-state index in [1.165, 1.54) is 35.2 Å². The number of anilines is 1. The summed E-state index contributed by atoms with van der Waals surface area (Å²) in [5.74, 6) is -1.93. The average Bonchev–Trinajstić information content (AvgIpc) is 3.18. The van der Waals surface area contributed by atoms with Gasteiger partial charge in [-0.3, -0.25) is 14.6 Å². The number of hydrogen-bond donors (Lipinski definition) is 0. The van der Waals surface area contributed by atoms with Crippen LogP contribution in [0.2, 0.25) is 0 Å². The van der Waals surface area contributed by atoms with Gasteiger partial charge in [0.15, 0.2) is 17.6 Å². The first kappa shape index (κ1) is 24.2. The first-order valence-corrected chi connectivity index (χ1v) is 10.6. The molecule has 0 atom stereocenters. The number of fused-ring (bicyclic) bond motifs is 1. The third kappa shape index (κ3) is 5.89. The standard InChI is InChI=1S/C21H20F3N3O3S.ClH/c22-14-1-3-16(4-2-14)30-13-19(28)27(6-5-26-7-9-29-10-8-26)21-25-20-17(24)11-15(23)12-18(20)31-21;/h1-4,11-12H,5-10,13H2;1H. The van der Waals surface area contributed by atoms with Crippen LogP contribution in [0.15, 0.2) is 36.4 Å². The zero-order valence-electron chi connectivity index (χ0n) is 16.9. The van der Waals surface area contributed by atoms with Gasteiger partial charge in [-0.15, -0.1) is 12.4 Å². The third-order valence-electron chi connectivity index (χ3n) is 4.85. The molecule has 4 rings (SSSR count). The molecule has 1 saturated heterocycles. The van der Waals surface area contributed by atoms with Crippen molar-refractivity contribution >= 4 is 45.0 Å². The molecule has 6 nitrogen and oxygen atoms in total. The molecule has 0 radical (unpaired) electrons. The second-order valence-electron chi connectivity index (χ2n) is 6.97. The van der Waals surface area contributed by atoms with E-state index < -0.39 is 23.4 Å². The SMILES string of the molecule is Cl.O=C(COc1ccc(F)cc1)N(CCN1CCOCC1)c1nc2c(F)cc(F)cc2s1. The second kappa shape index (κ2) is 11.0. The fourth-order valence-electron chi connectivity index (χ4n) is 3.21. The van der Waals surface area contributed by atoms with Crippen molar-refractivity contribution in [2.75, 3.05) is 50.9 Å². The molecule has 1 aromatic heterocycles. The van der Waals surface area contributed by atoms with E-state index in [1.807, 2.05) is 0 Å². The maximum absolute atomic E-state index is 14.1. The first-order valence-electron chi connectivity index (χ1n) is 9.74. The fraction of sp³-hybridized carbons (Fsp3) is 0.333. The Hall–Kier alpha value is -2.40. The summed E-state index contributed by atoms with van der Waals surface area (Å²) in [4.78, 5) is 20.8. The predicted octanol–water partition coefficient (Wildman–Crippen LogP) is 3.88. The topological polar surface area (TPSA) is 54.9 Å². The molecule has 1 fully saturated rings. The van der Waals surface area contributed by atoms with Gasteiger partial charge in [-0.1, -0.05) is 11.3 Å². The number of aromatic nitrogens is 1. The third-order valence-corrected chi connectivity index (χ3v) is 5.88. The number of halogens is 4. The van der Waals surface area contributed by atoms with Crippen LogP contribution in [0, 0.1) is 17.5 Å². The molecule has 0 N–H and O–H groups in total. The van der Waals surface area contributed by atoms with Crippen LogP contribution in [0.5, 0.6) is 5.75 Å². The molecule has 0 spiro atoms. The highest BCUT2D eigenvalue weighted by Gasteiger charge is 2.23. The van der Waals surface area contributed by atoms with Crippen molar-refractivity contribution in [3.05, 3.63) is 53.8 Å². The largest absolute Gasteiger partial charge is 0.484 e. The molecular formula is C21H21ClF3N3O3S. The monoisotopic (exact) mass is 487 g/mol. The molecule has 1 aliphatic heterocycles. The summed E-state index contributed by atoms with van der Waals surface area (Å²) in [6.07, 6.45) is 0. The minimum Gasteiger partial charge on any atom is -0.484 e. The fourth-order valence-corrected chi connectivity index (χ4v) is 4.26. The number of carbonyl (C=O) groups excluding carboxylic acids is 1. The van der Waals surface area contributed by atoms with E-state index in [1.54, 1.807) is 0 Å². The van der Waals surface area contributed by atoms with Crippen molar-refractivity contribution in [1.82, 2.24) is 9.88 Å². The van der Waals surface area contributed by atoms with Gasteiger partial charge in [0.2, 0.25) is 0 Å². The summed E-state index contributed by atoms with van der Waals surface area (Å²) in [5, 5.41) is 0.264. The Morgan fingerprint density at radius 1 is 1.12 bits per heavy atom. The van der Waals surface area contributed by atoms with Gasteiger partial charge in [0.05, 0.1) is 17.9 Å². The zero-order valence-corrected chi connectivity index (χ0v) is 18.6. The Bertz CT molecular complexity index is 1060. The van der Waals surface area contributed by atoms with Gasteiger partial charge >= 0.3 is 0 Å². The number of amides is 1. The summed E-state index contributed by atoms with van der Waals surface area (Å²) in [5.41, 5.74) is 0.0185. The predicted molar refractivity (Wildman–Crippen MR) is 118 cm³/mol. The Morgan fingerprint density at radius 2 is 1.84 bits per heavy atom. The highest BCUT2D eigenvalue weighted by atomic mass is 35.5. The van der Waals surface area contributed by atoms with E-state index in [4.69, 9.17) is 9.47 Å². The molecule has 2 heterocycles. The van der Waals surface area contributed by atoms with Crippen LogP contribution in [-0.2, 0) is 9.53 Å². The molecule has 3 aromatic rings. The average molecular weight is 488 g/mol. The molecular weight excluding hydrogens is 467 g/mol.